The van der Waals surface area contributed by atoms with Crippen LogP contribution in [0.2, 0.25) is 0 Å². The van der Waals surface area contributed by atoms with Gasteiger partial charge in [-0.25, -0.2) is 4.79 Å². The highest BCUT2D eigenvalue weighted by Gasteiger charge is 2.10. The molecule has 0 amide bonds. The molecule has 0 aliphatic rings. The average molecular weight is 255 g/mol. The van der Waals surface area contributed by atoms with E-state index < -0.39 is 0 Å². The molecule has 0 radical (unpaired) electrons. The molecule has 2 rings (SSSR count). The zero-order chi connectivity index (χ0) is 14.0. The minimum atomic E-state index is -0.387. The maximum Gasteiger partial charge on any atom is 0.347 e. The molecular formula is C14H13N3O2. The van der Waals surface area contributed by atoms with Crippen molar-refractivity contribution in [3.8, 4) is 23.1 Å². The largest absolute Gasteiger partial charge is 0.496 e. The van der Waals surface area contributed by atoms with Gasteiger partial charge in [-0.15, -0.1) is 0 Å². The molecule has 2 aromatic rings. The predicted octanol–water partition coefficient (Wildman–Crippen LogP) is 1.64. The molecule has 0 N–H and O–H groups in total. The molecule has 1 aromatic heterocycles. The van der Waals surface area contributed by atoms with E-state index in [0.717, 1.165) is 16.9 Å². The minimum Gasteiger partial charge on any atom is -0.496 e. The standard InChI is InChI=1S/C14H13N3O2/c1-9-6-10(4-5-12(9)19-3)13-11(7-15)8-17(2)14(18)16-13/h4-6,8H,1-3H3. The Kier molecular flexibility index (Phi) is 3.34. The molecule has 96 valence electrons. The second kappa shape index (κ2) is 4.94. The van der Waals surface area contributed by atoms with Crippen molar-refractivity contribution in [2.75, 3.05) is 7.11 Å². The van der Waals surface area contributed by atoms with Crippen molar-refractivity contribution in [1.29, 1.82) is 5.26 Å². The zero-order valence-electron chi connectivity index (χ0n) is 11.0. The first-order chi connectivity index (χ1) is 9.06. The first-order valence-electron chi connectivity index (χ1n) is 5.69. The Morgan fingerprint density at radius 3 is 2.74 bits per heavy atom. The Morgan fingerprint density at radius 1 is 1.42 bits per heavy atom. The van der Waals surface area contributed by atoms with Gasteiger partial charge in [0.25, 0.3) is 0 Å². The van der Waals surface area contributed by atoms with Crippen molar-refractivity contribution < 1.29 is 4.74 Å². The molecule has 0 aliphatic carbocycles. The number of nitriles is 1. The molecule has 1 heterocycles. The summed E-state index contributed by atoms with van der Waals surface area (Å²) in [5.41, 5.74) is 2.03. The molecule has 5 nitrogen and oxygen atoms in total. The summed E-state index contributed by atoms with van der Waals surface area (Å²) in [6.07, 6.45) is 1.49. The molecule has 1 aromatic carbocycles. The highest BCUT2D eigenvalue weighted by atomic mass is 16.5. The SMILES string of the molecule is COc1ccc(-c2nc(=O)n(C)cc2C#N)cc1C. The van der Waals surface area contributed by atoms with Gasteiger partial charge in [-0.2, -0.15) is 10.2 Å². The van der Waals surface area contributed by atoms with Gasteiger partial charge in [0.2, 0.25) is 0 Å². The number of aryl methyl sites for hydroxylation is 2. The third-order valence-corrected chi connectivity index (χ3v) is 2.88. The van der Waals surface area contributed by atoms with Gasteiger partial charge < -0.3 is 9.30 Å². The van der Waals surface area contributed by atoms with Crippen LogP contribution in [0.25, 0.3) is 11.3 Å². The fourth-order valence-corrected chi connectivity index (χ4v) is 1.87. The van der Waals surface area contributed by atoms with Crippen LogP contribution in [-0.4, -0.2) is 16.7 Å². The average Bonchev–Trinajstić information content (AvgIpc) is 2.41. The Hall–Kier alpha value is -2.61. The van der Waals surface area contributed by atoms with E-state index in [0.29, 0.717) is 11.3 Å². The summed E-state index contributed by atoms with van der Waals surface area (Å²) < 4.78 is 6.47. The van der Waals surface area contributed by atoms with Crippen LogP contribution in [0.1, 0.15) is 11.1 Å². The number of aromatic nitrogens is 2. The van der Waals surface area contributed by atoms with Crippen LogP contribution in [0, 0.1) is 18.3 Å². The van der Waals surface area contributed by atoms with Crippen molar-refractivity contribution in [2.45, 2.75) is 6.92 Å². The topological polar surface area (TPSA) is 67.9 Å². The molecule has 0 unspecified atom stereocenters. The molecule has 19 heavy (non-hydrogen) atoms. The van der Waals surface area contributed by atoms with Crippen LogP contribution in [-0.2, 0) is 7.05 Å². The van der Waals surface area contributed by atoms with Crippen LogP contribution in [0.5, 0.6) is 5.75 Å². The second-order valence-corrected chi connectivity index (χ2v) is 4.19. The Labute approximate surface area is 110 Å². The maximum atomic E-state index is 11.6. The van der Waals surface area contributed by atoms with Crippen molar-refractivity contribution in [1.82, 2.24) is 9.55 Å². The van der Waals surface area contributed by atoms with Gasteiger partial charge in [-0.05, 0) is 30.7 Å². The van der Waals surface area contributed by atoms with Crippen LogP contribution in [0.15, 0.2) is 29.2 Å². The van der Waals surface area contributed by atoms with E-state index in [-0.39, 0.29) is 5.69 Å². The van der Waals surface area contributed by atoms with Gasteiger partial charge >= 0.3 is 5.69 Å². The molecule has 5 heteroatoms. The van der Waals surface area contributed by atoms with Crippen molar-refractivity contribution in [3.63, 3.8) is 0 Å². The lowest BCUT2D eigenvalue weighted by Crippen LogP contribution is -2.20. The normalized spacial score (nSPS) is 10.0. The molecule has 0 saturated heterocycles. The number of ether oxygens (including phenoxy) is 1. The number of rotatable bonds is 2. The van der Waals surface area contributed by atoms with Gasteiger partial charge in [-0.3, -0.25) is 0 Å². The van der Waals surface area contributed by atoms with Crippen LogP contribution in [0.3, 0.4) is 0 Å². The smallest absolute Gasteiger partial charge is 0.347 e. The van der Waals surface area contributed by atoms with Gasteiger partial charge in [0.05, 0.1) is 18.4 Å². The quantitative estimate of drug-likeness (QED) is 0.818. The number of hydrogen-bond acceptors (Lipinski definition) is 4. The third kappa shape index (κ3) is 2.33. The molecule has 0 aliphatic heterocycles. The first-order valence-corrected chi connectivity index (χ1v) is 5.69. The van der Waals surface area contributed by atoms with E-state index in [1.54, 1.807) is 26.3 Å². The van der Waals surface area contributed by atoms with Gasteiger partial charge in [0.1, 0.15) is 11.8 Å². The fourth-order valence-electron chi connectivity index (χ4n) is 1.87. The highest BCUT2D eigenvalue weighted by molar-refractivity contribution is 5.67. The summed E-state index contributed by atoms with van der Waals surface area (Å²) in [5.74, 6) is 0.756. The van der Waals surface area contributed by atoms with Gasteiger partial charge in [0, 0.05) is 18.8 Å². The summed E-state index contributed by atoms with van der Waals surface area (Å²) in [5, 5.41) is 9.14. The summed E-state index contributed by atoms with van der Waals surface area (Å²) in [6.45, 7) is 1.90. The fraction of sp³-hybridized carbons (Fsp3) is 0.214. The van der Waals surface area contributed by atoms with Crippen molar-refractivity contribution >= 4 is 0 Å². The highest BCUT2D eigenvalue weighted by Crippen LogP contribution is 2.25. The van der Waals surface area contributed by atoms with Crippen LogP contribution >= 0.6 is 0 Å². The monoisotopic (exact) mass is 255 g/mol. The van der Waals surface area contributed by atoms with E-state index in [2.05, 4.69) is 11.1 Å². The lowest BCUT2D eigenvalue weighted by molar-refractivity contribution is 0.412. The molecule has 0 atom stereocenters. The Bertz CT molecular complexity index is 726. The van der Waals surface area contributed by atoms with E-state index in [1.165, 1.54) is 10.8 Å². The number of methoxy groups -OCH3 is 1. The molecule has 0 spiro atoms. The Balaban J connectivity index is 2.65. The molecular weight excluding hydrogens is 242 g/mol. The second-order valence-electron chi connectivity index (χ2n) is 4.19. The molecule has 0 saturated carbocycles. The van der Waals surface area contributed by atoms with Gasteiger partial charge in [0.15, 0.2) is 0 Å². The zero-order valence-corrected chi connectivity index (χ0v) is 11.0. The predicted molar refractivity (Wildman–Crippen MR) is 70.9 cm³/mol. The Morgan fingerprint density at radius 2 is 2.16 bits per heavy atom. The lowest BCUT2D eigenvalue weighted by atomic mass is 10.0. The van der Waals surface area contributed by atoms with Crippen LogP contribution in [0.4, 0.5) is 0 Å². The lowest BCUT2D eigenvalue weighted by Gasteiger charge is -2.08. The number of nitrogens with zero attached hydrogens (tertiary/aromatic N) is 3. The minimum absolute atomic E-state index is 0.367. The number of hydrogen-bond donors (Lipinski definition) is 0. The van der Waals surface area contributed by atoms with E-state index in [1.807, 2.05) is 13.0 Å². The van der Waals surface area contributed by atoms with E-state index in [4.69, 9.17) is 10.00 Å². The van der Waals surface area contributed by atoms with Gasteiger partial charge in [-0.1, -0.05) is 0 Å². The maximum absolute atomic E-state index is 11.6. The molecule has 0 fully saturated rings. The first kappa shape index (κ1) is 12.8. The van der Waals surface area contributed by atoms with E-state index >= 15 is 0 Å². The molecule has 0 bridgehead atoms. The third-order valence-electron chi connectivity index (χ3n) is 2.88. The summed E-state index contributed by atoms with van der Waals surface area (Å²) in [6, 6.07) is 7.49. The van der Waals surface area contributed by atoms with Crippen LogP contribution < -0.4 is 10.4 Å². The van der Waals surface area contributed by atoms with Crippen molar-refractivity contribution in [2.24, 2.45) is 7.05 Å². The summed E-state index contributed by atoms with van der Waals surface area (Å²) in [7, 11) is 3.17. The van der Waals surface area contributed by atoms with Crippen molar-refractivity contribution in [3.05, 3.63) is 46.0 Å². The van der Waals surface area contributed by atoms with E-state index in [9.17, 15) is 4.79 Å². The number of benzene rings is 1. The summed E-state index contributed by atoms with van der Waals surface area (Å²) >= 11 is 0. The summed E-state index contributed by atoms with van der Waals surface area (Å²) in [4.78, 5) is 15.6.